The number of rotatable bonds is 1. The second-order valence-electron chi connectivity index (χ2n) is 7.01. The van der Waals surface area contributed by atoms with E-state index in [0.717, 1.165) is 53.7 Å². The minimum atomic E-state index is 0.215. The first-order chi connectivity index (χ1) is 9.61. The lowest BCUT2D eigenvalue weighted by molar-refractivity contribution is 0.0776. The third kappa shape index (κ3) is 1.79. The number of pyridine rings is 1. The van der Waals surface area contributed by atoms with Crippen LogP contribution in [0.1, 0.15) is 41.0 Å². The number of aromatic nitrogens is 1. The van der Waals surface area contributed by atoms with E-state index in [2.05, 4.69) is 9.88 Å². The molecule has 1 aromatic rings. The number of fused-ring (bicyclic) bond motifs is 5. The Morgan fingerprint density at radius 2 is 1.65 bits per heavy atom. The fourth-order valence-corrected chi connectivity index (χ4v) is 4.99. The lowest BCUT2D eigenvalue weighted by Gasteiger charge is -2.22. The zero-order valence-corrected chi connectivity index (χ0v) is 12.3. The molecule has 0 radical (unpaired) electrons. The molecule has 2 saturated carbocycles. The van der Waals surface area contributed by atoms with E-state index in [4.69, 9.17) is 0 Å². The van der Waals surface area contributed by atoms with Gasteiger partial charge in [-0.05, 0) is 68.9 Å². The van der Waals surface area contributed by atoms with Gasteiger partial charge in [-0.1, -0.05) is 0 Å². The third-order valence-electron chi connectivity index (χ3n) is 5.75. The summed E-state index contributed by atoms with van der Waals surface area (Å²) in [5.74, 6) is 3.61. The number of carbonyl (C=O) groups is 1. The van der Waals surface area contributed by atoms with Gasteiger partial charge < -0.3 is 4.90 Å². The second kappa shape index (κ2) is 4.31. The van der Waals surface area contributed by atoms with Gasteiger partial charge in [-0.2, -0.15) is 0 Å². The molecule has 0 aromatic carbocycles. The molecular weight excluding hydrogens is 248 g/mol. The van der Waals surface area contributed by atoms with Crippen LogP contribution in [0.3, 0.4) is 0 Å². The van der Waals surface area contributed by atoms with Crippen molar-refractivity contribution >= 4 is 5.91 Å². The van der Waals surface area contributed by atoms with E-state index in [1.54, 1.807) is 0 Å². The van der Waals surface area contributed by atoms with Crippen molar-refractivity contribution in [3.05, 3.63) is 29.1 Å². The first kappa shape index (κ1) is 12.4. The van der Waals surface area contributed by atoms with Crippen LogP contribution in [-0.4, -0.2) is 28.9 Å². The maximum absolute atomic E-state index is 12.7. The first-order valence-electron chi connectivity index (χ1n) is 7.86. The molecule has 3 fully saturated rings. The van der Waals surface area contributed by atoms with Crippen LogP contribution in [0.4, 0.5) is 0 Å². The number of carbonyl (C=O) groups excluding carboxylic acids is 1. The van der Waals surface area contributed by atoms with E-state index in [0.29, 0.717) is 0 Å². The molecule has 3 aliphatic rings. The highest BCUT2D eigenvalue weighted by atomic mass is 16.2. The van der Waals surface area contributed by atoms with Crippen molar-refractivity contribution in [2.75, 3.05) is 13.1 Å². The van der Waals surface area contributed by atoms with E-state index < -0.39 is 0 Å². The third-order valence-corrected chi connectivity index (χ3v) is 5.75. The number of hydrogen-bond acceptors (Lipinski definition) is 2. The Hall–Kier alpha value is -1.38. The summed E-state index contributed by atoms with van der Waals surface area (Å²) in [4.78, 5) is 19.2. The fourth-order valence-electron chi connectivity index (χ4n) is 4.99. The summed E-state index contributed by atoms with van der Waals surface area (Å²) in [6, 6.07) is 3.86. The fraction of sp³-hybridized carbons (Fsp3) is 0.647. The minimum absolute atomic E-state index is 0.215. The maximum Gasteiger partial charge on any atom is 0.254 e. The molecule has 1 aromatic heterocycles. The largest absolute Gasteiger partial charge is 0.338 e. The summed E-state index contributed by atoms with van der Waals surface area (Å²) in [6.07, 6.45) is 4.24. The Bertz CT molecular complexity index is 530. The quantitative estimate of drug-likeness (QED) is 0.786. The molecule has 2 heterocycles. The predicted molar refractivity (Wildman–Crippen MR) is 77.4 cm³/mol. The van der Waals surface area contributed by atoms with Crippen LogP contribution in [0.25, 0.3) is 0 Å². The Morgan fingerprint density at radius 1 is 1.10 bits per heavy atom. The minimum Gasteiger partial charge on any atom is -0.338 e. The van der Waals surface area contributed by atoms with Crippen LogP contribution in [0.5, 0.6) is 0 Å². The molecular formula is C17H22N2O. The van der Waals surface area contributed by atoms with Crippen LogP contribution in [0.15, 0.2) is 12.1 Å². The molecule has 20 heavy (non-hydrogen) atoms. The van der Waals surface area contributed by atoms with E-state index in [1.165, 1.54) is 19.3 Å². The number of nitrogens with zero attached hydrogens (tertiary/aromatic N) is 2. The van der Waals surface area contributed by atoms with Crippen LogP contribution in [-0.2, 0) is 0 Å². The number of aryl methyl sites for hydroxylation is 2. The van der Waals surface area contributed by atoms with Crippen molar-refractivity contribution in [2.45, 2.75) is 33.1 Å². The van der Waals surface area contributed by atoms with Gasteiger partial charge in [0.2, 0.25) is 0 Å². The van der Waals surface area contributed by atoms with Crippen molar-refractivity contribution in [3.63, 3.8) is 0 Å². The van der Waals surface area contributed by atoms with Gasteiger partial charge in [0.25, 0.3) is 5.91 Å². The maximum atomic E-state index is 12.7. The van der Waals surface area contributed by atoms with Crippen molar-refractivity contribution in [1.29, 1.82) is 0 Å². The first-order valence-corrected chi connectivity index (χ1v) is 7.86. The topological polar surface area (TPSA) is 33.2 Å². The monoisotopic (exact) mass is 270 g/mol. The van der Waals surface area contributed by atoms with Crippen LogP contribution < -0.4 is 0 Å². The molecule has 0 N–H and O–H groups in total. The second-order valence-corrected chi connectivity index (χ2v) is 7.01. The molecule has 3 nitrogen and oxygen atoms in total. The Balaban J connectivity index is 1.55. The predicted octanol–water partition coefficient (Wildman–Crippen LogP) is 2.82. The summed E-state index contributed by atoms with van der Waals surface area (Å²) in [6.45, 7) is 5.90. The van der Waals surface area contributed by atoms with Gasteiger partial charge in [-0.3, -0.25) is 9.78 Å². The summed E-state index contributed by atoms with van der Waals surface area (Å²) < 4.78 is 0. The van der Waals surface area contributed by atoms with Gasteiger partial charge in [0.15, 0.2) is 0 Å². The Kier molecular flexibility index (Phi) is 2.66. The van der Waals surface area contributed by atoms with Crippen molar-refractivity contribution in [1.82, 2.24) is 9.88 Å². The van der Waals surface area contributed by atoms with Crippen LogP contribution in [0, 0.1) is 37.5 Å². The zero-order chi connectivity index (χ0) is 13.9. The van der Waals surface area contributed by atoms with E-state index in [-0.39, 0.29) is 5.91 Å². The van der Waals surface area contributed by atoms with E-state index >= 15 is 0 Å². The summed E-state index contributed by atoms with van der Waals surface area (Å²) in [5, 5.41) is 0. The van der Waals surface area contributed by atoms with E-state index in [9.17, 15) is 4.79 Å². The zero-order valence-electron chi connectivity index (χ0n) is 12.3. The summed E-state index contributed by atoms with van der Waals surface area (Å²) in [5.41, 5.74) is 2.70. The molecule has 1 amide bonds. The molecule has 4 rings (SSSR count). The molecule has 1 aliphatic heterocycles. The van der Waals surface area contributed by atoms with Gasteiger partial charge in [-0.25, -0.2) is 0 Å². The van der Waals surface area contributed by atoms with Crippen molar-refractivity contribution in [3.8, 4) is 0 Å². The summed E-state index contributed by atoms with van der Waals surface area (Å²) in [7, 11) is 0. The lowest BCUT2D eigenvalue weighted by Crippen LogP contribution is -2.30. The van der Waals surface area contributed by atoms with E-state index in [1.807, 2.05) is 26.0 Å². The van der Waals surface area contributed by atoms with Gasteiger partial charge >= 0.3 is 0 Å². The number of hydrogen-bond donors (Lipinski definition) is 0. The molecule has 2 aliphatic carbocycles. The lowest BCUT2D eigenvalue weighted by atomic mass is 9.82. The average molecular weight is 270 g/mol. The van der Waals surface area contributed by atoms with Crippen LogP contribution in [0.2, 0.25) is 0 Å². The molecule has 0 spiro atoms. The smallest absolute Gasteiger partial charge is 0.254 e. The molecule has 1 saturated heterocycles. The van der Waals surface area contributed by atoms with Crippen molar-refractivity contribution < 1.29 is 4.79 Å². The highest BCUT2D eigenvalue weighted by molar-refractivity contribution is 5.94. The molecule has 2 bridgehead atoms. The SMILES string of the molecule is Cc1cc(C(=O)N2C[C@@H]3[C@@H]4CC[C@@H](C4)[C@@H]3C2)cc(C)n1. The molecule has 3 heteroatoms. The number of likely N-dealkylation sites (tertiary alicyclic amines) is 1. The molecule has 106 valence electrons. The van der Waals surface area contributed by atoms with Crippen molar-refractivity contribution in [2.24, 2.45) is 23.7 Å². The number of amides is 1. The Morgan fingerprint density at radius 3 is 2.20 bits per heavy atom. The summed E-state index contributed by atoms with van der Waals surface area (Å²) >= 11 is 0. The van der Waals surface area contributed by atoms with Gasteiger partial charge in [-0.15, -0.1) is 0 Å². The van der Waals surface area contributed by atoms with Gasteiger partial charge in [0.05, 0.1) is 0 Å². The van der Waals surface area contributed by atoms with Crippen LogP contribution >= 0.6 is 0 Å². The molecule has 0 unspecified atom stereocenters. The van der Waals surface area contributed by atoms with Gasteiger partial charge in [0.1, 0.15) is 0 Å². The average Bonchev–Trinajstić information content (AvgIpc) is 3.08. The molecule has 4 atom stereocenters. The highest BCUT2D eigenvalue weighted by Crippen LogP contribution is 2.55. The highest BCUT2D eigenvalue weighted by Gasteiger charge is 2.52. The standard InChI is InChI=1S/C17H22N2O/c1-10-5-14(6-11(2)18-10)17(20)19-8-15-12-3-4-13(7-12)16(15)9-19/h5-6,12-13,15-16H,3-4,7-9H2,1-2H3/t12-,13+,15-,16+. The normalized spacial score (nSPS) is 34.6. The Labute approximate surface area is 120 Å². The van der Waals surface area contributed by atoms with Gasteiger partial charge in [0, 0.05) is 30.0 Å².